The molecule has 0 radical (unpaired) electrons. The molecule has 0 aliphatic heterocycles. The maximum atomic E-state index is 12.1. The van der Waals surface area contributed by atoms with Crippen LogP contribution in [0.15, 0.2) is 58.7 Å². The molecule has 0 aliphatic rings. The van der Waals surface area contributed by atoms with Gasteiger partial charge in [-0.1, -0.05) is 12.1 Å². The minimum atomic E-state index is -3.55. The van der Waals surface area contributed by atoms with Crippen LogP contribution in [0.2, 0.25) is 0 Å². The van der Waals surface area contributed by atoms with Crippen molar-refractivity contribution in [2.45, 2.75) is 11.4 Å². The van der Waals surface area contributed by atoms with Crippen LogP contribution in [0.1, 0.15) is 5.56 Å². The van der Waals surface area contributed by atoms with Gasteiger partial charge < -0.3 is 15.4 Å². The van der Waals surface area contributed by atoms with E-state index < -0.39 is 10.0 Å². The summed E-state index contributed by atoms with van der Waals surface area (Å²) in [6.45, 7) is 1.17. The largest absolute Gasteiger partial charge is 0.497 e. The van der Waals surface area contributed by atoms with Crippen molar-refractivity contribution in [1.29, 1.82) is 0 Å². The van der Waals surface area contributed by atoms with Gasteiger partial charge in [0.25, 0.3) is 0 Å². The second-order valence-electron chi connectivity index (χ2n) is 5.29. The van der Waals surface area contributed by atoms with E-state index in [1.54, 1.807) is 20.2 Å². The van der Waals surface area contributed by atoms with Crippen LogP contribution >= 0.6 is 24.0 Å². The van der Waals surface area contributed by atoms with Crippen molar-refractivity contribution >= 4 is 40.0 Å². The molecule has 2 aromatic rings. The van der Waals surface area contributed by atoms with Crippen LogP contribution in [-0.4, -0.2) is 46.6 Å². The molecule has 0 saturated heterocycles. The summed E-state index contributed by atoms with van der Waals surface area (Å²) in [6.07, 6.45) is 2.84. The molecule has 3 N–H and O–H groups in total. The lowest BCUT2D eigenvalue weighted by Gasteiger charge is -2.13. The highest BCUT2D eigenvalue weighted by molar-refractivity contribution is 14.0. The minimum Gasteiger partial charge on any atom is -0.497 e. The van der Waals surface area contributed by atoms with Crippen molar-refractivity contribution < 1.29 is 13.2 Å². The van der Waals surface area contributed by atoms with E-state index >= 15 is 0 Å². The summed E-state index contributed by atoms with van der Waals surface area (Å²) in [7, 11) is -0.277. The first-order valence-corrected chi connectivity index (χ1v) is 9.50. The van der Waals surface area contributed by atoms with Gasteiger partial charge in [0.1, 0.15) is 10.6 Å². The predicted octanol–water partition coefficient (Wildman–Crippen LogP) is 1.35. The Bertz CT molecular complexity index is 831. The molecule has 0 bridgehead atoms. The topological polar surface area (TPSA) is 105 Å². The molecule has 1 heterocycles. The molecule has 0 saturated carbocycles. The zero-order chi connectivity index (χ0) is 18.8. The fourth-order valence-corrected chi connectivity index (χ4v) is 3.14. The van der Waals surface area contributed by atoms with Gasteiger partial charge in [-0.2, -0.15) is 0 Å². The number of ether oxygens (including phenoxy) is 1. The molecule has 8 nitrogen and oxygen atoms in total. The molecule has 2 rings (SSSR count). The van der Waals surface area contributed by atoms with E-state index in [0.717, 1.165) is 11.3 Å². The number of nitrogens with one attached hydrogen (secondary N) is 3. The van der Waals surface area contributed by atoms with E-state index in [1.165, 1.54) is 18.5 Å². The molecular weight excluding hydrogens is 481 g/mol. The summed E-state index contributed by atoms with van der Waals surface area (Å²) in [5, 5.41) is 6.22. The number of methoxy groups -OCH3 is 1. The van der Waals surface area contributed by atoms with Crippen LogP contribution in [0.4, 0.5) is 0 Å². The zero-order valence-electron chi connectivity index (χ0n) is 15.2. The third-order valence-corrected chi connectivity index (χ3v) is 4.92. The Morgan fingerprint density at radius 3 is 2.67 bits per heavy atom. The van der Waals surface area contributed by atoms with E-state index in [9.17, 15) is 8.42 Å². The minimum absolute atomic E-state index is 0. The van der Waals surface area contributed by atoms with Crippen LogP contribution in [-0.2, 0) is 16.6 Å². The van der Waals surface area contributed by atoms with Gasteiger partial charge >= 0.3 is 0 Å². The Morgan fingerprint density at radius 2 is 2.00 bits per heavy atom. The third-order valence-electron chi connectivity index (χ3n) is 3.47. The summed E-state index contributed by atoms with van der Waals surface area (Å²) < 4.78 is 31.9. The molecule has 1 aromatic heterocycles. The lowest BCUT2D eigenvalue weighted by Crippen LogP contribution is -2.41. The number of aliphatic imine (C=N–C) groups is 1. The highest BCUT2D eigenvalue weighted by Gasteiger charge is 2.12. The fraction of sp³-hybridized carbons (Fsp3) is 0.294. The molecule has 1 aromatic carbocycles. The van der Waals surface area contributed by atoms with Gasteiger partial charge in [0.05, 0.1) is 7.11 Å². The van der Waals surface area contributed by atoms with E-state index in [4.69, 9.17) is 4.74 Å². The zero-order valence-corrected chi connectivity index (χ0v) is 18.3. The number of halogens is 1. The first-order chi connectivity index (χ1) is 12.5. The third kappa shape index (κ3) is 7.69. The highest BCUT2D eigenvalue weighted by atomic mass is 127. The van der Waals surface area contributed by atoms with Gasteiger partial charge in [0.2, 0.25) is 10.0 Å². The molecule has 27 heavy (non-hydrogen) atoms. The van der Waals surface area contributed by atoms with Crippen molar-refractivity contribution in [3.05, 3.63) is 54.4 Å². The van der Waals surface area contributed by atoms with E-state index in [2.05, 4.69) is 25.3 Å². The lowest BCUT2D eigenvalue weighted by atomic mass is 10.2. The molecule has 0 spiro atoms. The van der Waals surface area contributed by atoms with Gasteiger partial charge in [-0.05, 0) is 29.8 Å². The normalized spacial score (nSPS) is 11.4. The Labute approximate surface area is 176 Å². The summed E-state index contributed by atoms with van der Waals surface area (Å²) >= 11 is 0. The second kappa shape index (κ2) is 11.7. The summed E-state index contributed by atoms with van der Waals surface area (Å²) in [5.74, 6) is 1.37. The molecule has 0 unspecified atom stereocenters. The number of guanidine groups is 1. The van der Waals surface area contributed by atoms with Crippen molar-refractivity contribution in [2.24, 2.45) is 4.99 Å². The first-order valence-electron chi connectivity index (χ1n) is 8.02. The van der Waals surface area contributed by atoms with Gasteiger partial charge in [-0.3, -0.25) is 9.98 Å². The van der Waals surface area contributed by atoms with Crippen LogP contribution in [0.25, 0.3) is 0 Å². The standard InChI is InChI=1S/C17H23N5O3S.HI/c1-18-17(21-12-14-5-3-6-15(11-14)25-2)20-9-10-22-26(23,24)16-7-4-8-19-13-16;/h3-8,11,13,22H,9-10,12H2,1-2H3,(H2,18,20,21);1H. The fourth-order valence-electron chi connectivity index (χ4n) is 2.14. The number of aromatic nitrogens is 1. The van der Waals surface area contributed by atoms with Crippen molar-refractivity contribution in [2.75, 3.05) is 27.2 Å². The smallest absolute Gasteiger partial charge is 0.242 e. The summed E-state index contributed by atoms with van der Waals surface area (Å²) in [6, 6.07) is 10.8. The average molecular weight is 505 g/mol. The van der Waals surface area contributed by atoms with E-state index in [0.29, 0.717) is 19.0 Å². The lowest BCUT2D eigenvalue weighted by molar-refractivity contribution is 0.414. The monoisotopic (exact) mass is 505 g/mol. The number of benzene rings is 1. The van der Waals surface area contributed by atoms with Gasteiger partial charge in [0.15, 0.2) is 5.96 Å². The van der Waals surface area contributed by atoms with Gasteiger partial charge in [-0.15, -0.1) is 24.0 Å². The molecule has 0 fully saturated rings. The molecular formula is C17H24IN5O3S. The number of hydrogen-bond acceptors (Lipinski definition) is 5. The molecule has 0 aliphatic carbocycles. The summed E-state index contributed by atoms with van der Waals surface area (Å²) in [5.41, 5.74) is 1.05. The van der Waals surface area contributed by atoms with Crippen molar-refractivity contribution in [1.82, 2.24) is 20.3 Å². The Balaban J connectivity index is 0.00000364. The Kier molecular flexibility index (Phi) is 10.0. The maximum absolute atomic E-state index is 12.1. The number of nitrogens with zero attached hydrogens (tertiary/aromatic N) is 2. The number of hydrogen-bond donors (Lipinski definition) is 3. The number of rotatable bonds is 8. The van der Waals surface area contributed by atoms with Crippen LogP contribution in [0, 0.1) is 0 Å². The molecule has 148 valence electrons. The average Bonchev–Trinajstić information content (AvgIpc) is 2.68. The van der Waals surface area contributed by atoms with Crippen molar-refractivity contribution in [3.8, 4) is 5.75 Å². The predicted molar refractivity (Wildman–Crippen MR) is 116 cm³/mol. The first kappa shape index (κ1) is 23.1. The quantitative estimate of drug-likeness (QED) is 0.217. The maximum Gasteiger partial charge on any atom is 0.242 e. The van der Waals surface area contributed by atoms with Crippen LogP contribution in [0.5, 0.6) is 5.75 Å². The van der Waals surface area contributed by atoms with E-state index in [1.807, 2.05) is 24.3 Å². The van der Waals surface area contributed by atoms with Crippen molar-refractivity contribution in [3.63, 3.8) is 0 Å². The number of pyridine rings is 1. The van der Waals surface area contributed by atoms with Crippen LogP contribution in [0.3, 0.4) is 0 Å². The number of sulfonamides is 1. The van der Waals surface area contributed by atoms with E-state index in [-0.39, 0.29) is 35.4 Å². The van der Waals surface area contributed by atoms with Gasteiger partial charge in [0, 0.05) is 39.1 Å². The SMILES string of the molecule is CN=C(NCCNS(=O)(=O)c1cccnc1)NCc1cccc(OC)c1.I. The highest BCUT2D eigenvalue weighted by Crippen LogP contribution is 2.12. The molecule has 0 atom stereocenters. The molecule has 10 heteroatoms. The van der Waals surface area contributed by atoms with Gasteiger partial charge in [-0.25, -0.2) is 13.1 Å². The Hall–Kier alpha value is -1.92. The molecule has 0 amide bonds. The Morgan fingerprint density at radius 1 is 1.19 bits per heavy atom. The van der Waals surface area contributed by atoms with Crippen LogP contribution < -0.4 is 20.1 Å². The summed E-state index contributed by atoms with van der Waals surface area (Å²) in [4.78, 5) is 8.07. The second-order valence-corrected chi connectivity index (χ2v) is 7.06.